The fourth-order valence-corrected chi connectivity index (χ4v) is 2.80. The third kappa shape index (κ3) is 3.98. The van der Waals surface area contributed by atoms with Crippen molar-refractivity contribution in [2.75, 3.05) is 20.8 Å². The van der Waals surface area contributed by atoms with Crippen LogP contribution in [0.25, 0.3) is 0 Å². The molecule has 6 nitrogen and oxygen atoms in total. The summed E-state index contributed by atoms with van der Waals surface area (Å²) in [5, 5.41) is 9.00. The lowest BCUT2D eigenvalue weighted by Gasteiger charge is -2.23. The van der Waals surface area contributed by atoms with Crippen LogP contribution in [0, 0.1) is 0 Å². The third-order valence-electron chi connectivity index (χ3n) is 3.93. The summed E-state index contributed by atoms with van der Waals surface area (Å²) >= 11 is 0. The zero-order valence-corrected chi connectivity index (χ0v) is 12.8. The number of rotatable bonds is 6. The average molecular weight is 307 g/mol. The van der Waals surface area contributed by atoms with Gasteiger partial charge in [0.1, 0.15) is 5.75 Å². The van der Waals surface area contributed by atoms with E-state index in [1.807, 2.05) is 24.3 Å². The highest BCUT2D eigenvalue weighted by atomic mass is 16.5. The van der Waals surface area contributed by atoms with Crippen LogP contribution in [-0.2, 0) is 20.7 Å². The molecule has 0 aromatic heterocycles. The Hall–Kier alpha value is -2.08. The first-order valence-corrected chi connectivity index (χ1v) is 7.20. The maximum atomic E-state index is 12.5. The molecule has 1 amide bonds. The summed E-state index contributed by atoms with van der Waals surface area (Å²) in [6.45, 7) is 0.442. The number of hydrogen-bond donors (Lipinski definition) is 1. The molecule has 1 heterocycles. The van der Waals surface area contributed by atoms with Gasteiger partial charge >= 0.3 is 5.97 Å². The molecule has 1 N–H and O–H groups in total. The summed E-state index contributed by atoms with van der Waals surface area (Å²) in [6.07, 6.45) is 0.638. The minimum atomic E-state index is -0.902. The number of ether oxygens (including phenoxy) is 2. The fourth-order valence-electron chi connectivity index (χ4n) is 2.80. The van der Waals surface area contributed by atoms with Crippen LogP contribution < -0.4 is 4.74 Å². The van der Waals surface area contributed by atoms with E-state index in [0.717, 1.165) is 5.56 Å². The van der Waals surface area contributed by atoms with Crippen molar-refractivity contribution in [2.45, 2.75) is 31.4 Å². The average Bonchev–Trinajstić information content (AvgIpc) is 2.89. The molecule has 2 atom stereocenters. The SMILES string of the molecule is COc1cccc(CC(=O)N2CC(OC)CC2CC(=O)O)c1. The zero-order chi connectivity index (χ0) is 16.1. The third-order valence-corrected chi connectivity index (χ3v) is 3.93. The quantitative estimate of drug-likeness (QED) is 0.858. The molecule has 0 bridgehead atoms. The second-order valence-electron chi connectivity index (χ2n) is 5.42. The number of hydrogen-bond acceptors (Lipinski definition) is 4. The molecular weight excluding hydrogens is 286 g/mol. The van der Waals surface area contributed by atoms with Gasteiger partial charge < -0.3 is 19.5 Å². The Morgan fingerprint density at radius 3 is 2.77 bits per heavy atom. The molecular formula is C16H21NO5. The van der Waals surface area contributed by atoms with E-state index in [0.29, 0.717) is 18.7 Å². The van der Waals surface area contributed by atoms with Crippen molar-refractivity contribution >= 4 is 11.9 Å². The number of benzene rings is 1. The van der Waals surface area contributed by atoms with Crippen molar-refractivity contribution in [3.63, 3.8) is 0 Å². The van der Waals surface area contributed by atoms with Crippen LogP contribution in [0.1, 0.15) is 18.4 Å². The number of carboxylic acid groups (broad SMARTS) is 1. The Morgan fingerprint density at radius 2 is 2.14 bits per heavy atom. The molecule has 1 aromatic rings. The first-order valence-electron chi connectivity index (χ1n) is 7.20. The number of amides is 1. The van der Waals surface area contributed by atoms with Gasteiger partial charge in [-0.3, -0.25) is 9.59 Å². The Labute approximate surface area is 129 Å². The number of nitrogens with zero attached hydrogens (tertiary/aromatic N) is 1. The summed E-state index contributed by atoms with van der Waals surface area (Å²) in [5.41, 5.74) is 0.847. The zero-order valence-electron chi connectivity index (χ0n) is 12.8. The van der Waals surface area contributed by atoms with Gasteiger partial charge in [-0.15, -0.1) is 0 Å². The van der Waals surface area contributed by atoms with E-state index in [1.165, 1.54) is 0 Å². The lowest BCUT2D eigenvalue weighted by Crippen LogP contribution is -2.38. The highest BCUT2D eigenvalue weighted by Gasteiger charge is 2.36. The molecule has 1 saturated heterocycles. The minimum Gasteiger partial charge on any atom is -0.497 e. The normalized spacial score (nSPS) is 20.9. The van der Waals surface area contributed by atoms with Gasteiger partial charge in [0.25, 0.3) is 0 Å². The molecule has 1 aliphatic heterocycles. The number of aliphatic carboxylic acids is 1. The largest absolute Gasteiger partial charge is 0.497 e. The predicted octanol–water partition coefficient (Wildman–Crippen LogP) is 1.33. The van der Waals surface area contributed by atoms with E-state index in [2.05, 4.69) is 0 Å². The molecule has 1 aliphatic rings. The lowest BCUT2D eigenvalue weighted by molar-refractivity contribution is -0.139. The van der Waals surface area contributed by atoms with E-state index in [-0.39, 0.29) is 30.9 Å². The van der Waals surface area contributed by atoms with Crippen molar-refractivity contribution in [2.24, 2.45) is 0 Å². The summed E-state index contributed by atoms with van der Waals surface area (Å²) < 4.78 is 10.4. The first kappa shape index (κ1) is 16.3. The Morgan fingerprint density at radius 1 is 1.36 bits per heavy atom. The molecule has 2 unspecified atom stereocenters. The van der Waals surface area contributed by atoms with Gasteiger partial charge in [0.15, 0.2) is 0 Å². The van der Waals surface area contributed by atoms with Crippen LogP contribution in [0.15, 0.2) is 24.3 Å². The molecule has 0 aliphatic carbocycles. The molecule has 120 valence electrons. The minimum absolute atomic E-state index is 0.0519. The van der Waals surface area contributed by atoms with Gasteiger partial charge in [0.05, 0.1) is 26.1 Å². The highest BCUT2D eigenvalue weighted by Crippen LogP contribution is 2.24. The maximum Gasteiger partial charge on any atom is 0.305 e. The van der Waals surface area contributed by atoms with Crippen LogP contribution in [-0.4, -0.2) is 54.8 Å². The molecule has 2 rings (SSSR count). The number of carbonyl (C=O) groups is 2. The number of methoxy groups -OCH3 is 2. The second-order valence-corrected chi connectivity index (χ2v) is 5.42. The van der Waals surface area contributed by atoms with E-state index in [9.17, 15) is 9.59 Å². The van der Waals surface area contributed by atoms with Crippen molar-refractivity contribution in [1.29, 1.82) is 0 Å². The summed E-state index contributed by atoms with van der Waals surface area (Å²) in [7, 11) is 3.16. The van der Waals surface area contributed by atoms with Crippen LogP contribution >= 0.6 is 0 Å². The number of carboxylic acids is 1. The summed E-state index contributed by atoms with van der Waals surface area (Å²) in [5.74, 6) is -0.288. The molecule has 1 aromatic carbocycles. The van der Waals surface area contributed by atoms with Gasteiger partial charge in [-0.2, -0.15) is 0 Å². The Kier molecular flexibility index (Phi) is 5.38. The predicted molar refractivity (Wildman–Crippen MR) is 79.9 cm³/mol. The molecule has 6 heteroatoms. The van der Waals surface area contributed by atoms with E-state index < -0.39 is 5.97 Å². The van der Waals surface area contributed by atoms with Crippen LogP contribution in [0.5, 0.6) is 5.75 Å². The lowest BCUT2D eigenvalue weighted by atomic mass is 10.1. The number of carbonyl (C=O) groups excluding carboxylic acids is 1. The van der Waals surface area contributed by atoms with Crippen molar-refractivity contribution in [3.05, 3.63) is 29.8 Å². The van der Waals surface area contributed by atoms with E-state index in [4.69, 9.17) is 14.6 Å². The van der Waals surface area contributed by atoms with E-state index >= 15 is 0 Å². The molecule has 0 radical (unpaired) electrons. The Balaban J connectivity index is 2.07. The molecule has 1 fully saturated rings. The highest BCUT2D eigenvalue weighted by molar-refractivity contribution is 5.80. The summed E-state index contributed by atoms with van der Waals surface area (Å²) in [6, 6.07) is 7.02. The molecule has 22 heavy (non-hydrogen) atoms. The number of likely N-dealkylation sites (tertiary alicyclic amines) is 1. The van der Waals surface area contributed by atoms with Crippen molar-refractivity contribution < 1.29 is 24.2 Å². The van der Waals surface area contributed by atoms with Gasteiger partial charge in [-0.1, -0.05) is 12.1 Å². The van der Waals surface area contributed by atoms with E-state index in [1.54, 1.807) is 19.1 Å². The van der Waals surface area contributed by atoms with Crippen LogP contribution in [0.4, 0.5) is 0 Å². The maximum absolute atomic E-state index is 12.5. The summed E-state index contributed by atoms with van der Waals surface area (Å²) in [4.78, 5) is 25.1. The van der Waals surface area contributed by atoms with Crippen molar-refractivity contribution in [1.82, 2.24) is 4.90 Å². The van der Waals surface area contributed by atoms with Gasteiger partial charge in [-0.05, 0) is 24.1 Å². The van der Waals surface area contributed by atoms with Gasteiger partial charge in [-0.25, -0.2) is 0 Å². The Bertz CT molecular complexity index is 545. The smallest absolute Gasteiger partial charge is 0.305 e. The monoisotopic (exact) mass is 307 g/mol. The first-order chi connectivity index (χ1) is 10.5. The van der Waals surface area contributed by atoms with Crippen LogP contribution in [0.3, 0.4) is 0 Å². The van der Waals surface area contributed by atoms with Crippen molar-refractivity contribution in [3.8, 4) is 5.75 Å². The fraction of sp³-hybridized carbons (Fsp3) is 0.500. The second kappa shape index (κ2) is 7.26. The van der Waals surface area contributed by atoms with Crippen LogP contribution in [0.2, 0.25) is 0 Å². The topological polar surface area (TPSA) is 76.1 Å². The van der Waals surface area contributed by atoms with Gasteiger partial charge in [0.2, 0.25) is 5.91 Å². The molecule has 0 saturated carbocycles. The van der Waals surface area contributed by atoms with Gasteiger partial charge in [0, 0.05) is 19.7 Å². The molecule has 0 spiro atoms. The standard InChI is InChI=1S/C16H21NO5/c1-21-13-5-3-4-11(6-13)7-15(18)17-10-14(22-2)8-12(17)9-16(19)20/h3-6,12,14H,7-10H2,1-2H3,(H,19,20).